The highest BCUT2D eigenvalue weighted by Gasteiger charge is 2.27. The van der Waals surface area contributed by atoms with Gasteiger partial charge in [-0.3, -0.25) is 9.59 Å². The molecule has 44 heavy (non-hydrogen) atoms. The highest BCUT2D eigenvalue weighted by atomic mass is 32.1. The van der Waals surface area contributed by atoms with E-state index in [0.717, 1.165) is 44.2 Å². The molecule has 2 aliphatic rings. The molecule has 5 aromatic rings. The number of fused-ring (bicyclic) bond motifs is 2. The number of aromatic hydroxyl groups is 2. The normalized spacial score (nSPS) is 15.8. The molecular formula is C31H33N7O5S. The van der Waals surface area contributed by atoms with Crippen molar-refractivity contribution in [3.05, 3.63) is 51.8 Å². The number of rotatable bonds is 6. The molecule has 7 rings (SSSR count). The van der Waals surface area contributed by atoms with Gasteiger partial charge in [-0.2, -0.15) is 4.98 Å². The Balaban J connectivity index is 1.24. The number of phenols is 2. The summed E-state index contributed by atoms with van der Waals surface area (Å²) in [5, 5.41) is 31.0. The van der Waals surface area contributed by atoms with E-state index >= 15 is 0 Å². The minimum atomic E-state index is -0.150. The fourth-order valence-electron chi connectivity index (χ4n) is 6.16. The van der Waals surface area contributed by atoms with Gasteiger partial charge in [-0.25, -0.2) is 4.98 Å². The maximum atomic E-state index is 13.0. The van der Waals surface area contributed by atoms with Crippen LogP contribution in [0, 0.1) is 0 Å². The second kappa shape index (κ2) is 11.1. The number of thiophene rings is 1. The van der Waals surface area contributed by atoms with Gasteiger partial charge in [0.05, 0.1) is 5.69 Å². The summed E-state index contributed by atoms with van der Waals surface area (Å²) >= 11 is 1.24. The van der Waals surface area contributed by atoms with Crippen LogP contribution >= 0.6 is 11.3 Å². The van der Waals surface area contributed by atoms with Crippen molar-refractivity contribution in [1.29, 1.82) is 0 Å². The smallest absolute Gasteiger partial charge is 0.270 e. The van der Waals surface area contributed by atoms with E-state index in [1.165, 1.54) is 29.5 Å². The van der Waals surface area contributed by atoms with Gasteiger partial charge in [-0.15, -0.1) is 11.3 Å². The van der Waals surface area contributed by atoms with Gasteiger partial charge in [-0.1, -0.05) is 12.8 Å². The molecule has 0 unspecified atom stereocenters. The van der Waals surface area contributed by atoms with E-state index in [1.54, 1.807) is 30.6 Å². The maximum Gasteiger partial charge on any atom is 0.270 e. The molecule has 1 saturated heterocycles. The third-order valence-electron chi connectivity index (χ3n) is 8.40. The van der Waals surface area contributed by atoms with Gasteiger partial charge < -0.3 is 39.6 Å². The second-order valence-electron chi connectivity index (χ2n) is 11.5. The van der Waals surface area contributed by atoms with Crippen molar-refractivity contribution in [2.45, 2.75) is 31.7 Å². The number of hydrogen-bond acceptors (Lipinski definition) is 11. The molecule has 1 saturated carbocycles. The first-order valence-corrected chi connectivity index (χ1v) is 15.6. The molecule has 2 fully saturated rings. The van der Waals surface area contributed by atoms with Crippen LogP contribution < -0.4 is 21.0 Å². The molecule has 4 N–H and O–H groups in total. The molecule has 228 valence electrons. The van der Waals surface area contributed by atoms with Crippen molar-refractivity contribution in [3.63, 3.8) is 0 Å². The summed E-state index contributed by atoms with van der Waals surface area (Å²) in [6.45, 7) is 3.01. The summed E-state index contributed by atoms with van der Waals surface area (Å²) in [5.41, 5.74) is 2.49. The Hall–Kier alpha value is -4.62. The lowest BCUT2D eigenvalue weighted by molar-refractivity contribution is 0.0815. The van der Waals surface area contributed by atoms with Crippen LogP contribution in [0.1, 0.15) is 42.2 Å². The average Bonchev–Trinajstić information content (AvgIpc) is 3.77. The van der Waals surface area contributed by atoms with Crippen LogP contribution in [-0.2, 0) is 0 Å². The van der Waals surface area contributed by atoms with Crippen LogP contribution in [0.3, 0.4) is 0 Å². The molecule has 1 aliphatic heterocycles. The highest BCUT2D eigenvalue weighted by Crippen LogP contribution is 2.43. The summed E-state index contributed by atoms with van der Waals surface area (Å²) in [5.74, 6) is 0.342. The Morgan fingerprint density at radius 1 is 1.09 bits per heavy atom. The molecule has 5 heterocycles. The fraction of sp³-hybridized carbons (Fsp3) is 0.355. The van der Waals surface area contributed by atoms with Crippen molar-refractivity contribution < 1.29 is 19.4 Å². The van der Waals surface area contributed by atoms with E-state index in [9.17, 15) is 19.8 Å². The predicted molar refractivity (Wildman–Crippen MR) is 171 cm³/mol. The average molecular weight is 616 g/mol. The SMILES string of the molecule is CN(C)C(=O)c1cc2cnc(Nc3cc(O)c(-c4csc5c(=O)cc(N6CCNCC6)oc45)cc3O)nc2n1C1CCCC1. The number of carbonyl (C=O) groups is 1. The van der Waals surface area contributed by atoms with Crippen molar-refractivity contribution >= 4 is 56.1 Å². The third-order valence-corrected chi connectivity index (χ3v) is 9.38. The molecule has 13 heteroatoms. The molecule has 0 spiro atoms. The molecule has 4 aromatic heterocycles. The number of nitrogens with zero attached hydrogens (tertiary/aromatic N) is 5. The molecule has 0 bridgehead atoms. The largest absolute Gasteiger partial charge is 0.507 e. The minimum Gasteiger partial charge on any atom is -0.507 e. The number of benzene rings is 1. The van der Waals surface area contributed by atoms with Gasteiger partial charge in [-0.05, 0) is 25.0 Å². The van der Waals surface area contributed by atoms with Gasteiger partial charge in [0.25, 0.3) is 5.91 Å². The number of piperazine rings is 1. The van der Waals surface area contributed by atoms with Crippen LogP contribution in [0.25, 0.3) is 32.4 Å². The molecule has 1 aliphatic carbocycles. The lowest BCUT2D eigenvalue weighted by atomic mass is 10.1. The number of amides is 1. The zero-order chi connectivity index (χ0) is 30.5. The van der Waals surface area contributed by atoms with Crippen molar-refractivity contribution in [3.8, 4) is 22.6 Å². The van der Waals surface area contributed by atoms with Crippen LogP contribution in [0.5, 0.6) is 11.5 Å². The van der Waals surface area contributed by atoms with Gasteiger partial charge in [0.1, 0.15) is 27.5 Å². The Morgan fingerprint density at radius 3 is 2.61 bits per heavy atom. The Kier molecular flexibility index (Phi) is 7.13. The monoisotopic (exact) mass is 615 g/mol. The summed E-state index contributed by atoms with van der Waals surface area (Å²) in [6.07, 6.45) is 5.78. The minimum absolute atomic E-state index is 0.0978. The molecule has 0 atom stereocenters. The summed E-state index contributed by atoms with van der Waals surface area (Å²) in [7, 11) is 3.46. The van der Waals surface area contributed by atoms with Gasteiger partial charge in [0.15, 0.2) is 11.5 Å². The number of anilines is 3. The van der Waals surface area contributed by atoms with Crippen molar-refractivity contribution in [2.75, 3.05) is 50.5 Å². The predicted octanol–water partition coefficient (Wildman–Crippen LogP) is 4.65. The second-order valence-corrected chi connectivity index (χ2v) is 12.4. The molecule has 0 radical (unpaired) electrons. The lowest BCUT2D eigenvalue weighted by Crippen LogP contribution is -2.43. The van der Waals surface area contributed by atoms with Crippen LogP contribution in [0.4, 0.5) is 17.5 Å². The Bertz CT molecular complexity index is 1950. The molecule has 12 nitrogen and oxygen atoms in total. The quantitative estimate of drug-likeness (QED) is 0.157. The van der Waals surface area contributed by atoms with Crippen molar-refractivity contribution in [1.82, 2.24) is 24.8 Å². The van der Waals surface area contributed by atoms with E-state index < -0.39 is 0 Å². The number of phenolic OH excluding ortho intramolecular Hbond substituents is 2. The van der Waals surface area contributed by atoms with E-state index in [-0.39, 0.29) is 40.5 Å². The lowest BCUT2D eigenvalue weighted by Gasteiger charge is -2.27. The van der Waals surface area contributed by atoms with E-state index in [0.29, 0.717) is 51.7 Å². The van der Waals surface area contributed by atoms with Crippen LogP contribution in [0.2, 0.25) is 0 Å². The van der Waals surface area contributed by atoms with Crippen LogP contribution in [-0.4, -0.2) is 75.8 Å². The van der Waals surface area contributed by atoms with Gasteiger partial charge in [0, 0.05) is 86.5 Å². The summed E-state index contributed by atoms with van der Waals surface area (Å²) in [6, 6.07) is 6.34. The number of nitrogens with one attached hydrogen (secondary N) is 2. The fourth-order valence-corrected chi connectivity index (χ4v) is 7.07. The number of carbonyl (C=O) groups excluding carboxylic acids is 1. The van der Waals surface area contributed by atoms with Gasteiger partial charge >= 0.3 is 0 Å². The first-order valence-electron chi connectivity index (χ1n) is 14.7. The molecule has 1 aromatic carbocycles. The van der Waals surface area contributed by atoms with E-state index in [2.05, 4.69) is 15.6 Å². The topological polar surface area (TPSA) is 149 Å². The Morgan fingerprint density at radius 2 is 1.86 bits per heavy atom. The van der Waals surface area contributed by atoms with E-state index in [4.69, 9.17) is 9.40 Å². The molecular weight excluding hydrogens is 582 g/mol. The summed E-state index contributed by atoms with van der Waals surface area (Å²) in [4.78, 5) is 38.7. The zero-order valence-electron chi connectivity index (χ0n) is 24.5. The third kappa shape index (κ3) is 4.91. The zero-order valence-corrected chi connectivity index (χ0v) is 25.3. The highest BCUT2D eigenvalue weighted by molar-refractivity contribution is 7.17. The molecule has 1 amide bonds. The standard InChI is InChI=1S/C31H33N7O5S/c1-36(2)30(42)22-11-17-15-33-31(35-29(17)38(22)18-5-3-4-6-18)34-21-13-23(39)19(12-24(21)40)20-16-44-28-25(41)14-26(43-27(20)28)37-9-7-32-8-10-37/h11-16,18,32,39-40H,3-10H2,1-2H3,(H,33,34,35). The maximum absolute atomic E-state index is 13.0. The van der Waals surface area contributed by atoms with E-state index in [1.807, 2.05) is 15.5 Å². The van der Waals surface area contributed by atoms with Gasteiger partial charge in [0.2, 0.25) is 11.4 Å². The Labute approximate surface area is 256 Å². The number of aromatic nitrogens is 3. The first kappa shape index (κ1) is 28.2. The van der Waals surface area contributed by atoms with Crippen LogP contribution in [0.15, 0.2) is 45.1 Å². The summed E-state index contributed by atoms with van der Waals surface area (Å²) < 4.78 is 8.67. The van der Waals surface area contributed by atoms with Crippen molar-refractivity contribution in [2.24, 2.45) is 0 Å². The first-order chi connectivity index (χ1) is 21.3. The number of hydrogen-bond donors (Lipinski definition) is 4.